The van der Waals surface area contributed by atoms with Gasteiger partial charge >= 0.3 is 0 Å². The molecule has 1 nitrogen and oxygen atoms in total. The van der Waals surface area contributed by atoms with Gasteiger partial charge in [0.05, 0.1) is 6.10 Å². The molecule has 4 rings (SSSR count). The molecule has 126 valence electrons. The van der Waals surface area contributed by atoms with E-state index in [0.717, 1.165) is 30.1 Å². The van der Waals surface area contributed by atoms with Crippen LogP contribution in [-0.4, -0.2) is 11.2 Å². The van der Waals surface area contributed by atoms with Gasteiger partial charge in [0, 0.05) is 0 Å². The average Bonchev–Trinajstić information content (AvgIpc) is 2.76. The highest BCUT2D eigenvalue weighted by molar-refractivity contribution is 5.10. The predicted molar refractivity (Wildman–Crippen MR) is 91.5 cm³/mol. The van der Waals surface area contributed by atoms with Gasteiger partial charge in [-0.25, -0.2) is 0 Å². The van der Waals surface area contributed by atoms with Crippen molar-refractivity contribution in [3.63, 3.8) is 0 Å². The Morgan fingerprint density at radius 1 is 0.909 bits per heavy atom. The summed E-state index contributed by atoms with van der Waals surface area (Å²) in [5.74, 6) is 4.28. The zero-order valence-corrected chi connectivity index (χ0v) is 15.0. The molecule has 4 fully saturated rings. The monoisotopic (exact) mass is 304 g/mol. The molecule has 0 aliphatic heterocycles. The molecule has 0 aromatic rings. The summed E-state index contributed by atoms with van der Waals surface area (Å²) in [5, 5.41) is 10.7. The largest absolute Gasteiger partial charge is 0.393 e. The smallest absolute Gasteiger partial charge is 0.0576 e. The normalized spacial score (nSPS) is 57.8. The van der Waals surface area contributed by atoms with Crippen molar-refractivity contribution in [2.24, 2.45) is 40.4 Å². The Morgan fingerprint density at radius 3 is 2.50 bits per heavy atom. The first kappa shape index (κ1) is 15.5. The molecular formula is C21H36O. The van der Waals surface area contributed by atoms with Crippen LogP contribution < -0.4 is 0 Å². The Bertz CT molecular complexity index is 426. The van der Waals surface area contributed by atoms with Gasteiger partial charge in [-0.15, -0.1) is 0 Å². The van der Waals surface area contributed by atoms with Crippen LogP contribution in [0.3, 0.4) is 0 Å². The average molecular weight is 305 g/mol. The van der Waals surface area contributed by atoms with Crippen LogP contribution in [0.2, 0.25) is 0 Å². The maximum Gasteiger partial charge on any atom is 0.0576 e. The van der Waals surface area contributed by atoms with Crippen LogP contribution in [0, 0.1) is 40.4 Å². The summed E-state index contributed by atoms with van der Waals surface area (Å²) < 4.78 is 0. The van der Waals surface area contributed by atoms with Crippen molar-refractivity contribution in [2.75, 3.05) is 0 Å². The van der Waals surface area contributed by atoms with Gasteiger partial charge in [0.2, 0.25) is 0 Å². The minimum absolute atomic E-state index is 0.0179. The van der Waals surface area contributed by atoms with Crippen molar-refractivity contribution in [3.8, 4) is 0 Å². The molecule has 4 aliphatic rings. The van der Waals surface area contributed by atoms with E-state index in [1.54, 1.807) is 0 Å². The van der Waals surface area contributed by atoms with Gasteiger partial charge in [0.25, 0.3) is 0 Å². The molecule has 4 saturated carbocycles. The molecule has 0 aromatic carbocycles. The molecule has 8 atom stereocenters. The molecule has 1 N–H and O–H groups in total. The van der Waals surface area contributed by atoms with Crippen LogP contribution in [0.25, 0.3) is 0 Å². The standard InChI is InChI=1S/C21H36O/c1-4-16-19(22)13-18-15-9-8-14-7-5-6-11-20(14,2)17(15)10-12-21(16,18)3/h14-19,22H,4-13H2,1-3H3. The second-order valence-corrected chi connectivity index (χ2v) is 9.77. The minimum atomic E-state index is -0.0179. The van der Waals surface area contributed by atoms with Crippen LogP contribution in [0.15, 0.2) is 0 Å². The zero-order valence-electron chi connectivity index (χ0n) is 15.0. The van der Waals surface area contributed by atoms with Crippen molar-refractivity contribution in [1.29, 1.82) is 0 Å². The Labute approximate surface area is 137 Å². The number of aliphatic hydroxyl groups excluding tert-OH is 1. The molecule has 22 heavy (non-hydrogen) atoms. The maximum absolute atomic E-state index is 10.7. The Morgan fingerprint density at radius 2 is 1.73 bits per heavy atom. The van der Waals surface area contributed by atoms with E-state index in [1.807, 2.05) is 0 Å². The molecule has 8 unspecified atom stereocenters. The highest BCUT2D eigenvalue weighted by Gasteiger charge is 2.61. The van der Waals surface area contributed by atoms with E-state index in [2.05, 4.69) is 20.8 Å². The van der Waals surface area contributed by atoms with Crippen LogP contribution in [0.4, 0.5) is 0 Å². The summed E-state index contributed by atoms with van der Waals surface area (Å²) in [5.41, 5.74) is 1.07. The molecule has 0 aromatic heterocycles. The highest BCUT2D eigenvalue weighted by atomic mass is 16.3. The van der Waals surface area contributed by atoms with E-state index in [4.69, 9.17) is 0 Å². The second kappa shape index (κ2) is 5.23. The van der Waals surface area contributed by atoms with Crippen molar-refractivity contribution in [1.82, 2.24) is 0 Å². The lowest BCUT2D eigenvalue weighted by Crippen LogP contribution is -2.52. The number of fused-ring (bicyclic) bond motifs is 5. The Balaban J connectivity index is 1.64. The first-order valence-electron chi connectivity index (χ1n) is 10.2. The van der Waals surface area contributed by atoms with Crippen LogP contribution in [-0.2, 0) is 0 Å². The summed E-state index contributed by atoms with van der Waals surface area (Å²) in [4.78, 5) is 0. The Kier molecular flexibility index (Phi) is 3.68. The third-order valence-corrected chi connectivity index (χ3v) is 9.27. The van der Waals surface area contributed by atoms with Gasteiger partial charge in [-0.2, -0.15) is 0 Å². The lowest BCUT2D eigenvalue weighted by Gasteiger charge is -2.60. The summed E-state index contributed by atoms with van der Waals surface area (Å²) >= 11 is 0. The van der Waals surface area contributed by atoms with Crippen LogP contribution in [0.5, 0.6) is 0 Å². The predicted octanol–water partition coefficient (Wildman–Crippen LogP) is 5.42. The van der Waals surface area contributed by atoms with Gasteiger partial charge in [-0.3, -0.25) is 0 Å². The van der Waals surface area contributed by atoms with E-state index >= 15 is 0 Å². The Hall–Kier alpha value is -0.0400. The van der Waals surface area contributed by atoms with E-state index in [0.29, 0.717) is 16.7 Å². The first-order chi connectivity index (χ1) is 10.5. The van der Waals surface area contributed by atoms with Gasteiger partial charge in [0.15, 0.2) is 0 Å². The molecule has 4 aliphatic carbocycles. The molecular weight excluding hydrogens is 268 g/mol. The quantitative estimate of drug-likeness (QED) is 0.686. The van der Waals surface area contributed by atoms with Crippen molar-refractivity contribution < 1.29 is 5.11 Å². The fraction of sp³-hybridized carbons (Fsp3) is 1.00. The zero-order chi connectivity index (χ0) is 15.5. The lowest BCUT2D eigenvalue weighted by molar-refractivity contribution is -0.111. The van der Waals surface area contributed by atoms with E-state index in [-0.39, 0.29) is 6.10 Å². The molecule has 0 saturated heterocycles. The van der Waals surface area contributed by atoms with Crippen LogP contribution >= 0.6 is 0 Å². The summed E-state index contributed by atoms with van der Waals surface area (Å²) in [6.07, 6.45) is 14.0. The topological polar surface area (TPSA) is 20.2 Å². The maximum atomic E-state index is 10.7. The first-order valence-corrected chi connectivity index (χ1v) is 10.2. The van der Waals surface area contributed by atoms with Crippen molar-refractivity contribution >= 4 is 0 Å². The SMILES string of the molecule is CCC1C(O)CC2C3CCC4CCCCC4(C)C3CCC12C. The molecule has 0 radical (unpaired) electrons. The van der Waals surface area contributed by atoms with Crippen molar-refractivity contribution in [3.05, 3.63) is 0 Å². The minimum Gasteiger partial charge on any atom is -0.393 e. The lowest BCUT2D eigenvalue weighted by atomic mass is 9.45. The third kappa shape index (κ3) is 1.93. The second-order valence-electron chi connectivity index (χ2n) is 9.77. The van der Waals surface area contributed by atoms with Crippen molar-refractivity contribution in [2.45, 2.75) is 91.1 Å². The van der Waals surface area contributed by atoms with Gasteiger partial charge < -0.3 is 5.11 Å². The third-order valence-electron chi connectivity index (χ3n) is 9.27. The molecule has 0 heterocycles. The fourth-order valence-corrected chi connectivity index (χ4v) is 8.15. The van der Waals surface area contributed by atoms with Gasteiger partial charge in [-0.05, 0) is 85.4 Å². The molecule has 1 heteroatoms. The van der Waals surface area contributed by atoms with E-state index in [1.165, 1.54) is 57.8 Å². The van der Waals surface area contributed by atoms with Gasteiger partial charge in [-0.1, -0.05) is 40.0 Å². The number of hydrogen-bond donors (Lipinski definition) is 1. The fourth-order valence-electron chi connectivity index (χ4n) is 8.15. The van der Waals surface area contributed by atoms with E-state index < -0.39 is 0 Å². The summed E-state index contributed by atoms with van der Waals surface area (Å²) in [6, 6.07) is 0. The molecule has 0 bridgehead atoms. The van der Waals surface area contributed by atoms with E-state index in [9.17, 15) is 5.11 Å². The highest BCUT2D eigenvalue weighted by Crippen LogP contribution is 2.67. The summed E-state index contributed by atoms with van der Waals surface area (Å²) in [6.45, 7) is 7.49. The molecule has 0 amide bonds. The number of hydrogen-bond acceptors (Lipinski definition) is 1. The number of rotatable bonds is 1. The molecule has 0 spiro atoms. The number of aliphatic hydroxyl groups is 1. The van der Waals surface area contributed by atoms with Gasteiger partial charge in [0.1, 0.15) is 0 Å². The summed E-state index contributed by atoms with van der Waals surface area (Å²) in [7, 11) is 0. The van der Waals surface area contributed by atoms with Crippen LogP contribution in [0.1, 0.15) is 85.0 Å².